The lowest BCUT2D eigenvalue weighted by molar-refractivity contribution is 0.0378. The lowest BCUT2D eigenvalue weighted by Crippen LogP contribution is -2.36. The van der Waals surface area contributed by atoms with Crippen molar-refractivity contribution in [1.29, 1.82) is 0 Å². The van der Waals surface area contributed by atoms with E-state index < -0.39 is 12.2 Å². The van der Waals surface area contributed by atoms with Crippen molar-refractivity contribution in [2.24, 2.45) is 0 Å². The summed E-state index contributed by atoms with van der Waals surface area (Å²) in [4.78, 5) is 6.04. The number of hydrogen-bond acceptors (Lipinski definition) is 3. The number of aliphatic hydroxyl groups is 1. The topological polar surface area (TPSA) is 41.3 Å². The lowest BCUT2D eigenvalue weighted by Gasteiger charge is -2.25. The van der Waals surface area contributed by atoms with E-state index in [1.807, 2.05) is 0 Å². The monoisotopic (exact) mass is 283 g/mol. The molecule has 0 spiro atoms. The molecule has 1 aromatic carbocycles. The van der Waals surface area contributed by atoms with Gasteiger partial charge in [-0.05, 0) is 33.0 Å². The Kier molecular flexibility index (Phi) is 4.06. The molecule has 0 unspecified atom stereocenters. The zero-order valence-corrected chi connectivity index (χ0v) is 11.8. The fourth-order valence-corrected chi connectivity index (χ4v) is 2.38. The number of alkyl halides is 2. The number of benzene rings is 1. The van der Waals surface area contributed by atoms with Crippen LogP contribution >= 0.6 is 0 Å². The number of likely N-dealkylation sites (N-methyl/N-ethyl adjacent to an activating group) is 1. The number of rotatable bonds is 5. The van der Waals surface area contributed by atoms with Crippen LogP contribution in [0, 0.1) is 0 Å². The molecule has 0 saturated heterocycles. The van der Waals surface area contributed by atoms with Crippen molar-refractivity contribution >= 4 is 11.0 Å². The molecule has 0 atom stereocenters. The van der Waals surface area contributed by atoms with E-state index in [1.54, 1.807) is 50.1 Å². The van der Waals surface area contributed by atoms with Gasteiger partial charge in [-0.25, -0.2) is 4.98 Å². The summed E-state index contributed by atoms with van der Waals surface area (Å²) in [5, 5.41) is 9.77. The van der Waals surface area contributed by atoms with E-state index in [0.29, 0.717) is 23.4 Å². The zero-order valence-electron chi connectivity index (χ0n) is 11.8. The second-order valence-electron chi connectivity index (χ2n) is 5.65. The van der Waals surface area contributed by atoms with Gasteiger partial charge in [-0.2, -0.15) is 8.78 Å². The van der Waals surface area contributed by atoms with Crippen molar-refractivity contribution in [3.05, 3.63) is 30.1 Å². The average molecular weight is 283 g/mol. The quantitative estimate of drug-likeness (QED) is 0.917. The molecule has 0 amide bonds. The molecule has 110 valence electrons. The van der Waals surface area contributed by atoms with Crippen molar-refractivity contribution in [1.82, 2.24) is 14.5 Å². The molecule has 0 aliphatic rings. The first kappa shape index (κ1) is 14.9. The number of para-hydroxylation sites is 2. The highest BCUT2D eigenvalue weighted by Crippen LogP contribution is 2.23. The maximum absolute atomic E-state index is 13.2. The van der Waals surface area contributed by atoms with Gasteiger partial charge in [0.15, 0.2) is 0 Å². The van der Waals surface area contributed by atoms with Gasteiger partial charge in [0.25, 0.3) is 0 Å². The molecule has 0 radical (unpaired) electrons. The fourth-order valence-electron chi connectivity index (χ4n) is 2.38. The van der Waals surface area contributed by atoms with E-state index in [4.69, 9.17) is 0 Å². The summed E-state index contributed by atoms with van der Waals surface area (Å²) in [6, 6.07) is 6.84. The first-order valence-corrected chi connectivity index (χ1v) is 6.43. The van der Waals surface area contributed by atoms with Gasteiger partial charge in [-0.3, -0.25) is 9.47 Å². The Labute approximate surface area is 116 Å². The minimum Gasteiger partial charge on any atom is -0.389 e. The third kappa shape index (κ3) is 3.32. The van der Waals surface area contributed by atoms with E-state index in [-0.39, 0.29) is 6.54 Å². The van der Waals surface area contributed by atoms with Crippen LogP contribution in [0.5, 0.6) is 0 Å². The molecule has 4 nitrogen and oxygen atoms in total. The third-order valence-corrected chi connectivity index (χ3v) is 2.93. The second-order valence-corrected chi connectivity index (χ2v) is 5.65. The normalized spacial score (nSPS) is 12.8. The number of fused-ring (bicyclic) bond motifs is 1. The van der Waals surface area contributed by atoms with Gasteiger partial charge in [0, 0.05) is 6.54 Å². The van der Waals surface area contributed by atoms with E-state index in [1.165, 1.54) is 0 Å². The zero-order chi connectivity index (χ0) is 14.9. The molecule has 20 heavy (non-hydrogen) atoms. The van der Waals surface area contributed by atoms with Crippen LogP contribution in [0.15, 0.2) is 24.3 Å². The molecule has 1 N–H and O–H groups in total. The van der Waals surface area contributed by atoms with Crippen LogP contribution in [0.1, 0.15) is 26.2 Å². The van der Waals surface area contributed by atoms with Crippen LogP contribution in [-0.2, 0) is 6.54 Å². The Morgan fingerprint density at radius 3 is 2.60 bits per heavy atom. The van der Waals surface area contributed by atoms with Gasteiger partial charge in [-0.1, -0.05) is 12.1 Å². The molecule has 0 aliphatic carbocycles. The van der Waals surface area contributed by atoms with Gasteiger partial charge in [-0.15, -0.1) is 0 Å². The Bertz CT molecular complexity index is 590. The largest absolute Gasteiger partial charge is 0.389 e. The van der Waals surface area contributed by atoms with Gasteiger partial charge < -0.3 is 5.11 Å². The second kappa shape index (κ2) is 5.46. The lowest BCUT2D eigenvalue weighted by atomic mass is 10.1. The molecule has 1 aromatic heterocycles. The molecule has 0 aliphatic heterocycles. The minimum absolute atomic E-state index is 0.253. The van der Waals surface area contributed by atoms with Crippen LogP contribution in [0.3, 0.4) is 0 Å². The number of nitrogens with zero attached hydrogens (tertiary/aromatic N) is 3. The summed E-state index contributed by atoms with van der Waals surface area (Å²) in [5.41, 5.74) is 0.102. The Morgan fingerprint density at radius 2 is 2.00 bits per heavy atom. The summed E-state index contributed by atoms with van der Waals surface area (Å²) in [6.45, 7) is 1.36. The number of halogens is 2. The van der Waals surface area contributed by atoms with Gasteiger partial charge in [0.05, 0.1) is 23.2 Å². The Hall–Kier alpha value is -1.53. The van der Waals surface area contributed by atoms with Crippen LogP contribution in [0.2, 0.25) is 0 Å². The van der Waals surface area contributed by atoms with Crippen molar-refractivity contribution in [3.63, 3.8) is 0 Å². The molecule has 2 rings (SSSR count). The first-order valence-electron chi connectivity index (χ1n) is 6.43. The highest BCUT2D eigenvalue weighted by Gasteiger charge is 2.21. The first-order chi connectivity index (χ1) is 9.28. The maximum Gasteiger partial charge on any atom is 0.320 e. The van der Waals surface area contributed by atoms with Crippen molar-refractivity contribution in [2.75, 3.05) is 13.6 Å². The molecule has 6 heteroatoms. The molecule has 0 fully saturated rings. The number of imidazole rings is 1. The molecular weight excluding hydrogens is 264 g/mol. The molecular formula is C14H19F2N3O. The minimum atomic E-state index is -2.63. The summed E-state index contributed by atoms with van der Waals surface area (Å²) in [7, 11) is 1.77. The van der Waals surface area contributed by atoms with Crippen LogP contribution < -0.4 is 0 Å². The summed E-state index contributed by atoms with van der Waals surface area (Å²) in [6.07, 6.45) is 0. The van der Waals surface area contributed by atoms with Crippen molar-refractivity contribution in [3.8, 4) is 0 Å². The summed E-state index contributed by atoms with van der Waals surface area (Å²) >= 11 is 0. The maximum atomic E-state index is 13.2. The smallest absolute Gasteiger partial charge is 0.320 e. The van der Waals surface area contributed by atoms with Crippen LogP contribution in [0.4, 0.5) is 8.78 Å². The van der Waals surface area contributed by atoms with Crippen molar-refractivity contribution < 1.29 is 13.9 Å². The molecule has 0 saturated carbocycles. The SMILES string of the molecule is CN(Cc1nc2ccccc2n1C(F)F)CC(C)(C)O. The Morgan fingerprint density at radius 1 is 1.35 bits per heavy atom. The highest BCUT2D eigenvalue weighted by molar-refractivity contribution is 5.75. The molecule has 1 heterocycles. The molecule has 0 bridgehead atoms. The van der Waals surface area contributed by atoms with Gasteiger partial charge in [0.1, 0.15) is 5.82 Å². The molecule has 2 aromatic rings. The predicted octanol–water partition coefficient (Wildman–Crippen LogP) is 2.63. The third-order valence-electron chi connectivity index (χ3n) is 2.93. The highest BCUT2D eigenvalue weighted by atomic mass is 19.3. The van der Waals surface area contributed by atoms with Crippen LogP contribution in [-0.4, -0.2) is 38.8 Å². The summed E-state index contributed by atoms with van der Waals surface area (Å²) in [5.74, 6) is 0.299. The van der Waals surface area contributed by atoms with E-state index in [0.717, 1.165) is 4.57 Å². The number of hydrogen-bond donors (Lipinski definition) is 1. The van der Waals surface area contributed by atoms with Crippen molar-refractivity contribution in [2.45, 2.75) is 32.5 Å². The standard InChI is InChI=1S/C14H19F2N3O/c1-14(2,20)9-18(3)8-12-17-10-6-4-5-7-11(10)19(12)13(15)16/h4-7,13,20H,8-9H2,1-3H3. The van der Waals surface area contributed by atoms with Gasteiger partial charge >= 0.3 is 6.55 Å². The summed E-state index contributed by atoms with van der Waals surface area (Å²) < 4.78 is 27.4. The van der Waals surface area contributed by atoms with E-state index in [9.17, 15) is 13.9 Å². The van der Waals surface area contributed by atoms with Crippen LogP contribution in [0.25, 0.3) is 11.0 Å². The van der Waals surface area contributed by atoms with E-state index in [2.05, 4.69) is 4.98 Å². The fraction of sp³-hybridized carbons (Fsp3) is 0.500. The van der Waals surface area contributed by atoms with Gasteiger partial charge in [0.2, 0.25) is 0 Å². The predicted molar refractivity (Wildman–Crippen MR) is 73.6 cm³/mol. The van der Waals surface area contributed by atoms with E-state index >= 15 is 0 Å². The Balaban J connectivity index is 2.32. The average Bonchev–Trinajstić information content (AvgIpc) is 2.63. The number of aromatic nitrogens is 2.